The SMILES string of the molecule is CNC12C=C1CC2. The highest BCUT2D eigenvalue weighted by molar-refractivity contribution is 5.52. The van der Waals surface area contributed by atoms with Gasteiger partial charge in [0, 0.05) is 0 Å². The van der Waals surface area contributed by atoms with Gasteiger partial charge in [0.05, 0.1) is 5.54 Å². The third kappa shape index (κ3) is 0.249. The number of fused-ring (bicyclic) bond motifs is 1. The molecule has 1 N–H and O–H groups in total. The summed E-state index contributed by atoms with van der Waals surface area (Å²) in [4.78, 5) is 0. The molecule has 0 bridgehead atoms. The van der Waals surface area contributed by atoms with Gasteiger partial charge in [0.2, 0.25) is 0 Å². The fourth-order valence-electron chi connectivity index (χ4n) is 1.30. The van der Waals surface area contributed by atoms with E-state index in [1.54, 1.807) is 5.57 Å². The number of likely N-dealkylation sites (N-methyl/N-ethyl adjacent to an activating group) is 1. The Labute approximate surface area is 43.4 Å². The van der Waals surface area contributed by atoms with Crippen LogP contribution >= 0.6 is 0 Å². The standard InChI is InChI=1S/C6H9N/c1-7-6-3-2-5(6)4-6/h4,7H,2-3H2,1H3. The first-order valence-electron chi connectivity index (χ1n) is 2.78. The third-order valence-electron chi connectivity index (χ3n) is 2.15. The number of hydrogen-bond donors (Lipinski definition) is 1. The Bertz CT molecular complexity index is 133. The molecule has 7 heavy (non-hydrogen) atoms. The number of hydrogen-bond acceptors (Lipinski definition) is 1. The zero-order valence-electron chi connectivity index (χ0n) is 4.49. The van der Waals surface area contributed by atoms with E-state index in [1.165, 1.54) is 12.8 Å². The molecule has 2 rings (SSSR count). The van der Waals surface area contributed by atoms with Crippen molar-refractivity contribution >= 4 is 0 Å². The molecular formula is C6H9N. The lowest BCUT2D eigenvalue weighted by molar-refractivity contribution is 0.459. The van der Waals surface area contributed by atoms with Crippen molar-refractivity contribution in [2.24, 2.45) is 0 Å². The Morgan fingerprint density at radius 1 is 1.86 bits per heavy atom. The van der Waals surface area contributed by atoms with Crippen molar-refractivity contribution in [3.63, 3.8) is 0 Å². The van der Waals surface area contributed by atoms with Crippen LogP contribution in [0.4, 0.5) is 0 Å². The predicted molar refractivity (Wildman–Crippen MR) is 29.1 cm³/mol. The maximum Gasteiger partial charge on any atom is 0.0584 e. The van der Waals surface area contributed by atoms with Crippen LogP contribution in [0, 0.1) is 0 Å². The highest BCUT2D eigenvalue weighted by Gasteiger charge is 2.49. The van der Waals surface area contributed by atoms with Gasteiger partial charge in [-0.3, -0.25) is 0 Å². The summed E-state index contributed by atoms with van der Waals surface area (Å²) >= 11 is 0. The second kappa shape index (κ2) is 0.781. The second-order valence-corrected chi connectivity index (χ2v) is 2.39. The van der Waals surface area contributed by atoms with Crippen LogP contribution in [0.3, 0.4) is 0 Å². The quantitative estimate of drug-likeness (QED) is 0.472. The largest absolute Gasteiger partial charge is 0.308 e. The lowest BCUT2D eigenvalue weighted by Gasteiger charge is -2.25. The Morgan fingerprint density at radius 2 is 2.71 bits per heavy atom. The van der Waals surface area contributed by atoms with Crippen LogP contribution in [0.5, 0.6) is 0 Å². The van der Waals surface area contributed by atoms with Crippen molar-refractivity contribution in [3.8, 4) is 0 Å². The first-order valence-corrected chi connectivity index (χ1v) is 2.78. The van der Waals surface area contributed by atoms with E-state index >= 15 is 0 Å². The van der Waals surface area contributed by atoms with Crippen LogP contribution in [0.25, 0.3) is 0 Å². The summed E-state index contributed by atoms with van der Waals surface area (Å²) in [6, 6.07) is 0. The van der Waals surface area contributed by atoms with E-state index in [2.05, 4.69) is 11.4 Å². The molecule has 2 aliphatic carbocycles. The fraction of sp³-hybridized carbons (Fsp3) is 0.667. The van der Waals surface area contributed by atoms with Crippen molar-refractivity contribution in [1.29, 1.82) is 0 Å². The molecule has 0 saturated heterocycles. The van der Waals surface area contributed by atoms with Crippen LogP contribution in [0.1, 0.15) is 12.8 Å². The van der Waals surface area contributed by atoms with E-state index in [0.29, 0.717) is 5.54 Å². The van der Waals surface area contributed by atoms with Crippen molar-refractivity contribution < 1.29 is 0 Å². The fourth-order valence-corrected chi connectivity index (χ4v) is 1.30. The highest BCUT2D eigenvalue weighted by Crippen LogP contribution is 2.51. The number of rotatable bonds is 1. The molecule has 0 aromatic heterocycles. The van der Waals surface area contributed by atoms with E-state index < -0.39 is 0 Å². The minimum atomic E-state index is 0.472. The Morgan fingerprint density at radius 3 is 2.71 bits per heavy atom. The van der Waals surface area contributed by atoms with E-state index in [4.69, 9.17) is 0 Å². The van der Waals surface area contributed by atoms with Gasteiger partial charge in [0.15, 0.2) is 0 Å². The summed E-state index contributed by atoms with van der Waals surface area (Å²) in [6.45, 7) is 0. The zero-order chi connectivity index (χ0) is 4.91. The summed E-state index contributed by atoms with van der Waals surface area (Å²) in [5.74, 6) is 0. The number of nitrogens with one attached hydrogen (secondary N) is 1. The van der Waals surface area contributed by atoms with E-state index in [9.17, 15) is 0 Å². The van der Waals surface area contributed by atoms with Crippen molar-refractivity contribution in [3.05, 3.63) is 11.6 Å². The lowest BCUT2D eigenvalue weighted by Crippen LogP contribution is -2.36. The van der Waals surface area contributed by atoms with Crippen LogP contribution in [-0.4, -0.2) is 12.6 Å². The summed E-state index contributed by atoms with van der Waals surface area (Å²) in [5.41, 5.74) is 2.11. The first-order chi connectivity index (χ1) is 3.37. The summed E-state index contributed by atoms with van der Waals surface area (Å²) in [6.07, 6.45) is 5.02. The smallest absolute Gasteiger partial charge is 0.0584 e. The van der Waals surface area contributed by atoms with Gasteiger partial charge in [0.25, 0.3) is 0 Å². The summed E-state index contributed by atoms with van der Waals surface area (Å²) in [5, 5.41) is 3.26. The van der Waals surface area contributed by atoms with Crippen LogP contribution in [0.15, 0.2) is 11.6 Å². The topological polar surface area (TPSA) is 12.0 Å². The Kier molecular flexibility index (Phi) is 0.409. The molecule has 1 saturated carbocycles. The monoisotopic (exact) mass is 95.1 g/mol. The van der Waals surface area contributed by atoms with Gasteiger partial charge in [-0.25, -0.2) is 0 Å². The molecule has 1 atom stereocenters. The molecule has 1 nitrogen and oxygen atoms in total. The van der Waals surface area contributed by atoms with Gasteiger partial charge < -0.3 is 5.32 Å². The molecule has 1 fully saturated rings. The molecule has 0 aromatic carbocycles. The third-order valence-corrected chi connectivity index (χ3v) is 2.15. The molecule has 0 aliphatic heterocycles. The van der Waals surface area contributed by atoms with Crippen molar-refractivity contribution in [1.82, 2.24) is 5.32 Å². The van der Waals surface area contributed by atoms with E-state index in [-0.39, 0.29) is 0 Å². The van der Waals surface area contributed by atoms with E-state index in [0.717, 1.165) is 0 Å². The predicted octanol–water partition coefficient (Wildman–Crippen LogP) is 0.678. The average Bonchev–Trinajstić information content (AvgIpc) is 2.12. The van der Waals surface area contributed by atoms with Gasteiger partial charge in [-0.1, -0.05) is 6.08 Å². The molecule has 1 heteroatoms. The van der Waals surface area contributed by atoms with Gasteiger partial charge >= 0.3 is 0 Å². The Hall–Kier alpha value is -0.300. The van der Waals surface area contributed by atoms with Crippen molar-refractivity contribution in [2.45, 2.75) is 18.4 Å². The van der Waals surface area contributed by atoms with Gasteiger partial charge in [-0.2, -0.15) is 0 Å². The lowest BCUT2D eigenvalue weighted by atomic mass is 9.91. The molecule has 1 unspecified atom stereocenters. The van der Waals surface area contributed by atoms with Crippen LogP contribution in [-0.2, 0) is 0 Å². The normalized spacial score (nSPS) is 43.9. The molecule has 0 aromatic rings. The molecular weight excluding hydrogens is 86.1 g/mol. The second-order valence-electron chi connectivity index (χ2n) is 2.39. The minimum absolute atomic E-state index is 0.472. The summed E-state index contributed by atoms with van der Waals surface area (Å²) in [7, 11) is 2.03. The first kappa shape index (κ1) is 3.67. The zero-order valence-corrected chi connectivity index (χ0v) is 4.49. The van der Waals surface area contributed by atoms with Gasteiger partial charge in [-0.05, 0) is 25.5 Å². The Balaban J connectivity index is 2.12. The minimum Gasteiger partial charge on any atom is -0.308 e. The van der Waals surface area contributed by atoms with Crippen LogP contribution < -0.4 is 5.32 Å². The van der Waals surface area contributed by atoms with Crippen LogP contribution in [0.2, 0.25) is 0 Å². The average molecular weight is 95.1 g/mol. The highest BCUT2D eigenvalue weighted by atomic mass is 15.0. The van der Waals surface area contributed by atoms with Gasteiger partial charge in [-0.15, -0.1) is 0 Å². The molecule has 2 aliphatic rings. The molecule has 0 amide bonds. The molecule has 0 spiro atoms. The van der Waals surface area contributed by atoms with Crippen molar-refractivity contribution in [2.75, 3.05) is 7.05 Å². The molecule has 38 valence electrons. The van der Waals surface area contributed by atoms with Gasteiger partial charge in [0.1, 0.15) is 0 Å². The summed E-state index contributed by atoms with van der Waals surface area (Å²) < 4.78 is 0. The van der Waals surface area contributed by atoms with E-state index in [1.807, 2.05) is 7.05 Å². The molecule has 0 radical (unpaired) electrons. The maximum absolute atomic E-state index is 3.26. The maximum atomic E-state index is 3.26. The molecule has 0 heterocycles.